The van der Waals surface area contributed by atoms with Crippen LogP contribution in [0.3, 0.4) is 0 Å². The van der Waals surface area contributed by atoms with Crippen LogP contribution >= 0.6 is 0 Å². The molecule has 72 valence electrons. The van der Waals surface area contributed by atoms with Crippen LogP contribution < -0.4 is 11.2 Å². The first-order valence-corrected chi connectivity index (χ1v) is 4.37. The zero-order valence-electron chi connectivity index (χ0n) is 7.79. The van der Waals surface area contributed by atoms with Crippen LogP contribution in [0.15, 0.2) is 17.3 Å². The van der Waals surface area contributed by atoms with Crippen LogP contribution in [0.5, 0.6) is 0 Å². The van der Waals surface area contributed by atoms with Gasteiger partial charge in [0.05, 0.1) is 0 Å². The number of hydrazone groups is 1. The summed E-state index contributed by atoms with van der Waals surface area (Å²) in [7, 11) is 0. The van der Waals surface area contributed by atoms with E-state index in [1.54, 1.807) is 6.21 Å². The maximum absolute atomic E-state index is 10.3. The lowest BCUT2D eigenvalue weighted by molar-refractivity contribution is 0.249. The highest BCUT2D eigenvalue weighted by Gasteiger charge is 2.21. The van der Waals surface area contributed by atoms with Gasteiger partial charge in [-0.05, 0) is 19.3 Å². The molecule has 13 heavy (non-hydrogen) atoms. The zero-order valence-corrected chi connectivity index (χ0v) is 7.79. The van der Waals surface area contributed by atoms with Crippen molar-refractivity contribution in [3.8, 4) is 0 Å². The number of hydrogen-bond donors (Lipinski definition) is 2. The van der Waals surface area contributed by atoms with Gasteiger partial charge in [0.2, 0.25) is 0 Å². The number of nitrogens with two attached hydrogens (primary N) is 1. The Morgan fingerprint density at radius 2 is 2.46 bits per heavy atom. The van der Waals surface area contributed by atoms with Gasteiger partial charge in [-0.25, -0.2) is 10.2 Å². The van der Waals surface area contributed by atoms with Gasteiger partial charge >= 0.3 is 6.03 Å². The number of primary amides is 1. The van der Waals surface area contributed by atoms with Crippen LogP contribution in [0.2, 0.25) is 0 Å². The third kappa shape index (κ3) is 3.27. The predicted molar refractivity (Wildman–Crippen MR) is 52.3 cm³/mol. The van der Waals surface area contributed by atoms with Crippen molar-refractivity contribution >= 4 is 12.2 Å². The molecule has 1 rings (SSSR count). The molecule has 0 fully saturated rings. The number of urea groups is 1. The topological polar surface area (TPSA) is 67.5 Å². The molecule has 1 unspecified atom stereocenters. The summed E-state index contributed by atoms with van der Waals surface area (Å²) >= 11 is 0. The van der Waals surface area contributed by atoms with E-state index in [0.29, 0.717) is 0 Å². The highest BCUT2D eigenvalue weighted by Crippen LogP contribution is 2.29. The van der Waals surface area contributed by atoms with E-state index in [1.165, 1.54) is 0 Å². The highest BCUT2D eigenvalue weighted by atomic mass is 16.2. The quantitative estimate of drug-likeness (QED) is 0.377. The van der Waals surface area contributed by atoms with E-state index in [-0.39, 0.29) is 5.41 Å². The van der Waals surface area contributed by atoms with Crippen molar-refractivity contribution in [3.05, 3.63) is 12.2 Å². The number of carbonyl (C=O) groups excluding carboxylic acids is 1. The van der Waals surface area contributed by atoms with Gasteiger partial charge in [-0.15, -0.1) is 0 Å². The lowest BCUT2D eigenvalue weighted by Crippen LogP contribution is -2.27. The van der Waals surface area contributed by atoms with Crippen LogP contribution in [0.25, 0.3) is 0 Å². The summed E-state index contributed by atoms with van der Waals surface area (Å²) < 4.78 is 0. The third-order valence-corrected chi connectivity index (χ3v) is 2.18. The predicted octanol–water partition coefficient (Wildman–Crippen LogP) is 1.39. The molecule has 0 saturated heterocycles. The Morgan fingerprint density at radius 3 is 3.00 bits per heavy atom. The monoisotopic (exact) mass is 181 g/mol. The average molecular weight is 181 g/mol. The fourth-order valence-corrected chi connectivity index (χ4v) is 1.35. The molecule has 1 atom stereocenters. The molecule has 3 N–H and O–H groups in total. The largest absolute Gasteiger partial charge is 0.350 e. The molecule has 4 nitrogen and oxygen atoms in total. The van der Waals surface area contributed by atoms with Gasteiger partial charge < -0.3 is 5.73 Å². The molecule has 1 aliphatic rings. The van der Waals surface area contributed by atoms with Gasteiger partial charge in [-0.1, -0.05) is 19.1 Å². The van der Waals surface area contributed by atoms with Crippen molar-refractivity contribution in [2.75, 3.05) is 0 Å². The molecule has 2 amide bonds. The van der Waals surface area contributed by atoms with E-state index in [2.05, 4.69) is 29.6 Å². The second-order valence-electron chi connectivity index (χ2n) is 3.60. The number of carbonyl (C=O) groups is 1. The zero-order chi connectivity index (χ0) is 9.73. The molecular formula is C9H15N3O. The van der Waals surface area contributed by atoms with Gasteiger partial charge in [0.15, 0.2) is 0 Å². The van der Waals surface area contributed by atoms with E-state index < -0.39 is 6.03 Å². The first kappa shape index (κ1) is 9.77. The molecule has 0 aromatic heterocycles. The van der Waals surface area contributed by atoms with Gasteiger partial charge in [0, 0.05) is 11.6 Å². The summed E-state index contributed by atoms with van der Waals surface area (Å²) in [6, 6.07) is -0.619. The summed E-state index contributed by atoms with van der Waals surface area (Å²) in [6.45, 7) is 2.11. The van der Waals surface area contributed by atoms with Crippen LogP contribution in [-0.4, -0.2) is 12.2 Å². The fraction of sp³-hybridized carbons (Fsp3) is 0.556. The fourth-order valence-electron chi connectivity index (χ4n) is 1.35. The Labute approximate surface area is 77.9 Å². The molecule has 0 heterocycles. The van der Waals surface area contributed by atoms with Crippen LogP contribution in [0.4, 0.5) is 4.79 Å². The molecule has 0 saturated carbocycles. The first-order chi connectivity index (χ1) is 6.12. The summed E-state index contributed by atoms with van der Waals surface area (Å²) in [4.78, 5) is 10.3. The summed E-state index contributed by atoms with van der Waals surface area (Å²) in [6.07, 6.45) is 9.17. The SMILES string of the molecule is CC1(/C=N/NC(N)=O)CC=CCC1. The van der Waals surface area contributed by atoms with Crippen LogP contribution in [0.1, 0.15) is 26.2 Å². The van der Waals surface area contributed by atoms with Crippen molar-refractivity contribution in [2.24, 2.45) is 16.3 Å². The van der Waals surface area contributed by atoms with E-state index in [0.717, 1.165) is 19.3 Å². The first-order valence-electron chi connectivity index (χ1n) is 4.37. The van der Waals surface area contributed by atoms with Gasteiger partial charge in [0.25, 0.3) is 0 Å². The molecular weight excluding hydrogens is 166 g/mol. The van der Waals surface area contributed by atoms with Gasteiger partial charge in [-0.2, -0.15) is 5.10 Å². The van der Waals surface area contributed by atoms with Crippen molar-refractivity contribution in [3.63, 3.8) is 0 Å². The highest BCUT2D eigenvalue weighted by molar-refractivity contribution is 5.74. The number of rotatable bonds is 2. The van der Waals surface area contributed by atoms with Crippen LogP contribution in [-0.2, 0) is 0 Å². The van der Waals surface area contributed by atoms with Crippen LogP contribution in [0, 0.1) is 5.41 Å². The van der Waals surface area contributed by atoms with Crippen molar-refractivity contribution in [1.82, 2.24) is 5.43 Å². The van der Waals surface area contributed by atoms with E-state index in [4.69, 9.17) is 5.73 Å². The summed E-state index contributed by atoms with van der Waals surface area (Å²) in [5.41, 5.74) is 7.14. The number of hydrogen-bond acceptors (Lipinski definition) is 2. The molecule has 4 heteroatoms. The Balaban J connectivity index is 2.46. The second kappa shape index (κ2) is 4.07. The minimum atomic E-state index is -0.619. The van der Waals surface area contributed by atoms with E-state index >= 15 is 0 Å². The van der Waals surface area contributed by atoms with E-state index in [1.807, 2.05) is 0 Å². The number of amides is 2. The number of nitrogens with one attached hydrogen (secondary N) is 1. The molecule has 0 aliphatic heterocycles. The average Bonchev–Trinajstić information content (AvgIpc) is 2.04. The van der Waals surface area contributed by atoms with Gasteiger partial charge in [0.1, 0.15) is 0 Å². The molecule has 0 aromatic carbocycles. The lowest BCUT2D eigenvalue weighted by atomic mass is 9.80. The lowest BCUT2D eigenvalue weighted by Gasteiger charge is -2.25. The maximum Gasteiger partial charge on any atom is 0.332 e. The second-order valence-corrected chi connectivity index (χ2v) is 3.60. The molecule has 0 aromatic rings. The number of allylic oxidation sites excluding steroid dienone is 2. The van der Waals surface area contributed by atoms with Crippen molar-refractivity contribution < 1.29 is 4.79 Å². The third-order valence-electron chi connectivity index (χ3n) is 2.18. The molecule has 0 bridgehead atoms. The van der Waals surface area contributed by atoms with Crippen molar-refractivity contribution in [1.29, 1.82) is 0 Å². The molecule has 0 spiro atoms. The van der Waals surface area contributed by atoms with E-state index in [9.17, 15) is 4.79 Å². The Bertz CT molecular complexity index is 247. The summed E-state index contributed by atoms with van der Waals surface area (Å²) in [5, 5.41) is 3.78. The summed E-state index contributed by atoms with van der Waals surface area (Å²) in [5.74, 6) is 0. The smallest absolute Gasteiger partial charge is 0.332 e. The minimum Gasteiger partial charge on any atom is -0.350 e. The minimum absolute atomic E-state index is 0.0667. The molecule has 1 aliphatic carbocycles. The Hall–Kier alpha value is -1.32. The normalized spacial score (nSPS) is 27.8. The Kier molecular flexibility index (Phi) is 3.06. The molecule has 0 radical (unpaired) electrons. The Morgan fingerprint density at radius 1 is 1.69 bits per heavy atom. The van der Waals surface area contributed by atoms with Crippen molar-refractivity contribution in [2.45, 2.75) is 26.2 Å². The van der Waals surface area contributed by atoms with Gasteiger partial charge in [-0.3, -0.25) is 0 Å². The standard InChI is InChI=1S/C9H15N3O/c1-9(5-3-2-4-6-9)7-11-12-8(10)13/h2-3,7H,4-6H2,1H3,(H3,10,12,13)/b11-7+. The number of nitrogens with zero attached hydrogens (tertiary/aromatic N) is 1. The maximum atomic E-state index is 10.3.